The monoisotopic (exact) mass is 403 g/mol. The molecule has 7 nitrogen and oxygen atoms in total. The molecular formula is C18H17N3O4S2. The van der Waals surface area contributed by atoms with Crippen LogP contribution in [0.15, 0.2) is 52.7 Å². The van der Waals surface area contributed by atoms with Crippen LogP contribution in [0.25, 0.3) is 0 Å². The van der Waals surface area contributed by atoms with Gasteiger partial charge in [-0.15, -0.1) is 11.3 Å². The number of aromatic nitrogens is 1. The minimum absolute atomic E-state index is 0.0612. The molecule has 1 heterocycles. The van der Waals surface area contributed by atoms with Gasteiger partial charge in [0.25, 0.3) is 5.91 Å². The number of hydrogen-bond acceptors (Lipinski definition) is 7. The van der Waals surface area contributed by atoms with Gasteiger partial charge in [-0.25, -0.2) is 13.4 Å². The van der Waals surface area contributed by atoms with Gasteiger partial charge in [0.1, 0.15) is 16.4 Å². The predicted molar refractivity (Wildman–Crippen MR) is 105 cm³/mol. The van der Waals surface area contributed by atoms with Crippen LogP contribution in [-0.4, -0.2) is 25.6 Å². The molecule has 0 saturated heterocycles. The number of nitrogens with zero attached hydrogens (tertiary/aromatic N) is 1. The van der Waals surface area contributed by atoms with Crippen LogP contribution < -0.4 is 15.8 Å². The third-order valence-electron chi connectivity index (χ3n) is 3.59. The van der Waals surface area contributed by atoms with E-state index in [1.54, 1.807) is 24.3 Å². The van der Waals surface area contributed by atoms with Gasteiger partial charge >= 0.3 is 0 Å². The van der Waals surface area contributed by atoms with E-state index in [0.717, 1.165) is 11.9 Å². The summed E-state index contributed by atoms with van der Waals surface area (Å²) >= 11 is 1.31. The van der Waals surface area contributed by atoms with Crippen molar-refractivity contribution < 1.29 is 17.9 Å². The minimum atomic E-state index is -3.46. The van der Waals surface area contributed by atoms with Crippen LogP contribution in [0.5, 0.6) is 11.5 Å². The summed E-state index contributed by atoms with van der Waals surface area (Å²) in [5, 5.41) is 4.97. The molecule has 0 aliphatic carbocycles. The Morgan fingerprint density at radius 2 is 1.96 bits per heavy atom. The largest absolute Gasteiger partial charge is 0.456 e. The summed E-state index contributed by atoms with van der Waals surface area (Å²) in [6.45, 7) is 1.83. The Morgan fingerprint density at radius 3 is 2.63 bits per heavy atom. The average Bonchev–Trinajstić information content (AvgIpc) is 3.01. The second-order valence-corrected chi connectivity index (χ2v) is 8.66. The van der Waals surface area contributed by atoms with Crippen molar-refractivity contribution in [1.82, 2.24) is 4.98 Å². The Hall–Kier alpha value is -2.91. The maximum Gasteiger partial charge on any atom is 0.259 e. The Morgan fingerprint density at radius 1 is 1.22 bits per heavy atom. The highest BCUT2D eigenvalue weighted by molar-refractivity contribution is 7.90. The van der Waals surface area contributed by atoms with Crippen LogP contribution in [0, 0.1) is 6.92 Å². The van der Waals surface area contributed by atoms with Gasteiger partial charge < -0.3 is 10.5 Å². The molecule has 1 aromatic heterocycles. The molecule has 0 aliphatic heterocycles. The predicted octanol–water partition coefficient (Wildman–Crippen LogP) is 3.48. The van der Waals surface area contributed by atoms with Crippen LogP contribution in [0.3, 0.4) is 0 Å². The van der Waals surface area contributed by atoms with Gasteiger partial charge in [-0.2, -0.15) is 0 Å². The van der Waals surface area contributed by atoms with E-state index in [1.165, 1.54) is 29.5 Å². The fourth-order valence-electron chi connectivity index (χ4n) is 2.34. The maximum absolute atomic E-state index is 12.5. The Balaban J connectivity index is 1.89. The van der Waals surface area contributed by atoms with E-state index in [-0.39, 0.29) is 21.9 Å². The summed E-state index contributed by atoms with van der Waals surface area (Å²) in [5.41, 5.74) is 7.19. The average molecular weight is 403 g/mol. The van der Waals surface area contributed by atoms with Gasteiger partial charge in [-0.3, -0.25) is 10.1 Å². The van der Waals surface area contributed by atoms with Crippen molar-refractivity contribution in [3.63, 3.8) is 0 Å². The molecule has 0 aliphatic rings. The van der Waals surface area contributed by atoms with E-state index < -0.39 is 15.7 Å². The zero-order valence-corrected chi connectivity index (χ0v) is 16.2. The number of ether oxygens (including phenoxy) is 1. The molecule has 2 aromatic carbocycles. The molecule has 1 amide bonds. The minimum Gasteiger partial charge on any atom is -0.456 e. The summed E-state index contributed by atoms with van der Waals surface area (Å²) in [6, 6.07) is 10.8. The van der Waals surface area contributed by atoms with Gasteiger partial charge in [0.2, 0.25) is 0 Å². The molecule has 27 heavy (non-hydrogen) atoms. The highest BCUT2D eigenvalue weighted by Gasteiger charge is 2.17. The van der Waals surface area contributed by atoms with Crippen molar-refractivity contribution in [1.29, 1.82) is 0 Å². The first-order valence-corrected chi connectivity index (χ1v) is 10.6. The molecule has 0 fully saturated rings. The number of aryl methyl sites for hydroxylation is 1. The molecule has 3 N–H and O–H groups in total. The lowest BCUT2D eigenvalue weighted by atomic mass is 10.1. The normalized spacial score (nSPS) is 11.2. The number of carbonyl (C=O) groups excluding carboxylic acids is 1. The van der Waals surface area contributed by atoms with Crippen LogP contribution >= 0.6 is 11.3 Å². The number of para-hydroxylation sites is 1. The fourth-order valence-corrected chi connectivity index (χ4v) is 3.82. The van der Waals surface area contributed by atoms with Gasteiger partial charge in [-0.1, -0.05) is 12.1 Å². The standard InChI is InChI=1S/C18H17N3O4S2/c1-11-10-26-18(20-11)21-17(22)13-9-12(7-8-14(13)19)25-15-5-3-4-6-16(15)27(2,23)24/h3-10H,19H2,1-2H3,(H,20,21,22). The molecular weight excluding hydrogens is 386 g/mol. The molecule has 3 rings (SSSR count). The summed E-state index contributed by atoms with van der Waals surface area (Å²) < 4.78 is 29.5. The van der Waals surface area contributed by atoms with Crippen LogP contribution in [0.4, 0.5) is 10.8 Å². The van der Waals surface area contributed by atoms with Gasteiger partial charge in [-0.05, 0) is 37.3 Å². The number of benzene rings is 2. The maximum atomic E-state index is 12.5. The number of amides is 1. The topological polar surface area (TPSA) is 111 Å². The molecule has 0 atom stereocenters. The third kappa shape index (κ3) is 4.44. The SMILES string of the molecule is Cc1csc(NC(=O)c2cc(Oc3ccccc3S(C)(=O)=O)ccc2N)n1. The second kappa shape index (κ2) is 7.37. The zero-order valence-electron chi connectivity index (χ0n) is 14.6. The summed E-state index contributed by atoms with van der Waals surface area (Å²) in [5.74, 6) is 0.0381. The van der Waals surface area contributed by atoms with Crippen molar-refractivity contribution in [3.05, 3.63) is 59.1 Å². The van der Waals surface area contributed by atoms with Crippen molar-refractivity contribution >= 4 is 37.9 Å². The van der Waals surface area contributed by atoms with Crippen LogP contribution in [0.2, 0.25) is 0 Å². The number of thiazole rings is 1. The molecule has 0 saturated carbocycles. The number of rotatable bonds is 5. The lowest BCUT2D eigenvalue weighted by Crippen LogP contribution is -2.14. The Kier molecular flexibility index (Phi) is 5.15. The first-order valence-electron chi connectivity index (χ1n) is 7.84. The Labute approximate surface area is 160 Å². The quantitative estimate of drug-likeness (QED) is 0.631. The lowest BCUT2D eigenvalue weighted by molar-refractivity contribution is 0.102. The van der Waals surface area contributed by atoms with Crippen molar-refractivity contribution in [2.24, 2.45) is 0 Å². The van der Waals surface area contributed by atoms with Gasteiger partial charge in [0.15, 0.2) is 15.0 Å². The number of anilines is 2. The summed E-state index contributed by atoms with van der Waals surface area (Å²) in [6.07, 6.45) is 1.10. The number of nitrogens with two attached hydrogens (primary N) is 1. The zero-order chi connectivity index (χ0) is 19.6. The van der Waals surface area contributed by atoms with Gasteiger partial charge in [0, 0.05) is 17.3 Å². The van der Waals surface area contributed by atoms with Crippen molar-refractivity contribution in [2.45, 2.75) is 11.8 Å². The first kappa shape index (κ1) is 18.9. The number of nitrogens with one attached hydrogen (secondary N) is 1. The Bertz CT molecular complexity index is 1110. The van der Waals surface area contributed by atoms with Crippen molar-refractivity contribution in [2.75, 3.05) is 17.3 Å². The molecule has 3 aromatic rings. The molecule has 0 spiro atoms. The summed E-state index contributed by atoms with van der Waals surface area (Å²) in [7, 11) is -3.46. The van der Waals surface area contributed by atoms with E-state index in [2.05, 4.69) is 10.3 Å². The van der Waals surface area contributed by atoms with Crippen molar-refractivity contribution in [3.8, 4) is 11.5 Å². The van der Waals surface area contributed by atoms with E-state index in [9.17, 15) is 13.2 Å². The van der Waals surface area contributed by atoms with Crippen LogP contribution in [0.1, 0.15) is 16.1 Å². The van der Waals surface area contributed by atoms with Gasteiger partial charge in [0.05, 0.1) is 11.3 Å². The molecule has 9 heteroatoms. The number of sulfone groups is 1. The number of nitrogen functional groups attached to an aromatic ring is 1. The first-order chi connectivity index (χ1) is 12.7. The van der Waals surface area contributed by atoms with Crippen LogP contribution in [-0.2, 0) is 9.84 Å². The molecule has 0 bridgehead atoms. The number of hydrogen-bond donors (Lipinski definition) is 2. The lowest BCUT2D eigenvalue weighted by Gasteiger charge is -2.12. The fraction of sp³-hybridized carbons (Fsp3) is 0.111. The van der Waals surface area contributed by atoms with E-state index in [1.807, 2.05) is 12.3 Å². The summed E-state index contributed by atoms with van der Waals surface area (Å²) in [4.78, 5) is 16.7. The molecule has 140 valence electrons. The number of carbonyl (C=O) groups is 1. The van der Waals surface area contributed by atoms with E-state index in [0.29, 0.717) is 10.9 Å². The van der Waals surface area contributed by atoms with E-state index in [4.69, 9.17) is 10.5 Å². The highest BCUT2D eigenvalue weighted by Crippen LogP contribution is 2.30. The second-order valence-electron chi connectivity index (χ2n) is 5.82. The van der Waals surface area contributed by atoms with E-state index >= 15 is 0 Å². The third-order valence-corrected chi connectivity index (χ3v) is 5.60. The molecule has 0 unspecified atom stereocenters. The smallest absolute Gasteiger partial charge is 0.259 e. The highest BCUT2D eigenvalue weighted by atomic mass is 32.2. The molecule has 0 radical (unpaired) electrons.